The number of hydrogen-bond acceptors (Lipinski definition) is 2. The predicted molar refractivity (Wildman–Crippen MR) is 85.1 cm³/mol. The van der Waals surface area contributed by atoms with E-state index in [1.54, 1.807) is 0 Å². The Hall–Kier alpha value is -0.570. The second-order valence-electron chi connectivity index (χ2n) is 6.27. The van der Waals surface area contributed by atoms with Crippen LogP contribution in [0.1, 0.15) is 44.6 Å². The second kappa shape index (κ2) is 6.46. The van der Waals surface area contributed by atoms with Gasteiger partial charge in [0, 0.05) is 29.7 Å². The zero-order chi connectivity index (χ0) is 13.9. The van der Waals surface area contributed by atoms with Crippen molar-refractivity contribution in [3.8, 4) is 0 Å². The van der Waals surface area contributed by atoms with E-state index >= 15 is 0 Å². The average molecular weight is 293 g/mol. The molecule has 3 rings (SSSR count). The molecule has 0 spiro atoms. The molecule has 2 heterocycles. The molecule has 2 aliphatic rings. The van der Waals surface area contributed by atoms with E-state index in [2.05, 4.69) is 29.3 Å². The van der Waals surface area contributed by atoms with Crippen LogP contribution in [0.2, 0.25) is 5.02 Å². The number of piperidine rings is 1. The van der Waals surface area contributed by atoms with Crippen LogP contribution in [0.5, 0.6) is 0 Å². The van der Waals surface area contributed by atoms with E-state index in [0.29, 0.717) is 0 Å². The molecule has 1 aromatic rings. The summed E-state index contributed by atoms with van der Waals surface area (Å²) in [6.07, 6.45) is 6.57. The van der Waals surface area contributed by atoms with Gasteiger partial charge in [-0.3, -0.25) is 4.90 Å². The van der Waals surface area contributed by atoms with Crippen LogP contribution in [0.4, 0.5) is 0 Å². The highest BCUT2D eigenvalue weighted by Crippen LogP contribution is 2.37. The van der Waals surface area contributed by atoms with Gasteiger partial charge in [0.1, 0.15) is 0 Å². The lowest BCUT2D eigenvalue weighted by molar-refractivity contribution is 0.109. The maximum absolute atomic E-state index is 6.32. The van der Waals surface area contributed by atoms with Crippen LogP contribution in [0.3, 0.4) is 0 Å². The van der Waals surface area contributed by atoms with Gasteiger partial charge in [-0.05, 0) is 50.3 Å². The summed E-state index contributed by atoms with van der Waals surface area (Å²) >= 11 is 6.32. The molecule has 2 fully saturated rings. The molecular formula is C17H25ClN2. The summed E-state index contributed by atoms with van der Waals surface area (Å²) in [5.74, 6) is 0. The molecule has 1 N–H and O–H groups in total. The highest BCUT2D eigenvalue weighted by molar-refractivity contribution is 6.31. The summed E-state index contributed by atoms with van der Waals surface area (Å²) in [6, 6.07) is 10.5. The molecule has 2 atom stereocenters. The minimum atomic E-state index is 0.731. The topological polar surface area (TPSA) is 15.3 Å². The van der Waals surface area contributed by atoms with E-state index in [4.69, 9.17) is 11.6 Å². The lowest BCUT2D eigenvalue weighted by atomic mass is 9.96. The fraction of sp³-hybridized carbons (Fsp3) is 0.647. The second-order valence-corrected chi connectivity index (χ2v) is 6.68. The van der Waals surface area contributed by atoms with Crippen LogP contribution in [-0.4, -0.2) is 29.6 Å². The van der Waals surface area contributed by atoms with Gasteiger partial charge in [0.05, 0.1) is 0 Å². The normalized spacial score (nSPS) is 29.8. The Bertz CT molecular complexity index is 434. The summed E-state index contributed by atoms with van der Waals surface area (Å²) in [6.45, 7) is 4.43. The van der Waals surface area contributed by atoms with Crippen LogP contribution in [0.15, 0.2) is 24.3 Å². The van der Waals surface area contributed by atoms with Gasteiger partial charge >= 0.3 is 0 Å². The smallest absolute Gasteiger partial charge is 0.0451 e. The van der Waals surface area contributed by atoms with Gasteiger partial charge in [0.2, 0.25) is 0 Å². The lowest BCUT2D eigenvalue weighted by Gasteiger charge is -2.39. The first-order valence-corrected chi connectivity index (χ1v) is 8.38. The van der Waals surface area contributed by atoms with E-state index in [1.165, 1.54) is 37.7 Å². The molecule has 2 unspecified atom stereocenters. The Labute approximate surface area is 127 Å². The third kappa shape index (κ3) is 3.03. The highest BCUT2D eigenvalue weighted by atomic mass is 35.5. The number of rotatable bonds is 5. The fourth-order valence-electron chi connectivity index (χ4n) is 3.87. The molecule has 0 aromatic heterocycles. The van der Waals surface area contributed by atoms with Gasteiger partial charge in [-0.25, -0.2) is 0 Å². The molecule has 2 saturated heterocycles. The lowest BCUT2D eigenvalue weighted by Crippen LogP contribution is -2.48. The van der Waals surface area contributed by atoms with Crippen molar-refractivity contribution in [2.24, 2.45) is 0 Å². The third-order valence-corrected chi connectivity index (χ3v) is 5.25. The first-order valence-electron chi connectivity index (χ1n) is 8.00. The number of benzene rings is 1. The number of nitrogens with zero attached hydrogens (tertiary/aromatic N) is 1. The van der Waals surface area contributed by atoms with Crippen molar-refractivity contribution >= 4 is 11.6 Å². The van der Waals surface area contributed by atoms with Crippen LogP contribution in [0, 0.1) is 0 Å². The molecule has 0 amide bonds. The number of fused-ring (bicyclic) bond motifs is 2. The van der Waals surface area contributed by atoms with Crippen molar-refractivity contribution in [2.45, 2.75) is 63.7 Å². The Morgan fingerprint density at radius 1 is 1.20 bits per heavy atom. The molecule has 2 bridgehead atoms. The molecule has 2 nitrogen and oxygen atoms in total. The first kappa shape index (κ1) is 14.4. The van der Waals surface area contributed by atoms with Gasteiger partial charge < -0.3 is 5.32 Å². The van der Waals surface area contributed by atoms with Crippen molar-refractivity contribution in [3.05, 3.63) is 34.9 Å². The minimum absolute atomic E-state index is 0.731. The summed E-state index contributed by atoms with van der Waals surface area (Å²) in [7, 11) is 0. The molecule has 2 aliphatic heterocycles. The Morgan fingerprint density at radius 3 is 2.55 bits per heavy atom. The van der Waals surface area contributed by atoms with Crippen LogP contribution in [0.25, 0.3) is 0 Å². The van der Waals surface area contributed by atoms with Crippen molar-refractivity contribution in [1.29, 1.82) is 0 Å². The zero-order valence-electron chi connectivity index (χ0n) is 12.3. The van der Waals surface area contributed by atoms with Crippen LogP contribution < -0.4 is 5.32 Å². The maximum atomic E-state index is 6.32. The largest absolute Gasteiger partial charge is 0.314 e. The Kier molecular flexibility index (Phi) is 4.65. The van der Waals surface area contributed by atoms with E-state index < -0.39 is 0 Å². The van der Waals surface area contributed by atoms with Crippen LogP contribution in [-0.2, 0) is 6.54 Å². The summed E-state index contributed by atoms with van der Waals surface area (Å²) in [5, 5.41) is 4.63. The molecular weight excluding hydrogens is 268 g/mol. The average Bonchev–Trinajstić information content (AvgIpc) is 2.70. The molecule has 1 aromatic carbocycles. The fourth-order valence-corrected chi connectivity index (χ4v) is 4.07. The third-order valence-electron chi connectivity index (χ3n) is 4.88. The van der Waals surface area contributed by atoms with Crippen molar-refractivity contribution in [3.63, 3.8) is 0 Å². The van der Waals surface area contributed by atoms with Crippen molar-refractivity contribution in [1.82, 2.24) is 10.2 Å². The summed E-state index contributed by atoms with van der Waals surface area (Å²) in [4.78, 5) is 2.70. The molecule has 0 aliphatic carbocycles. The van der Waals surface area contributed by atoms with E-state index in [-0.39, 0.29) is 0 Å². The number of nitrogens with one attached hydrogen (secondary N) is 1. The van der Waals surface area contributed by atoms with Crippen LogP contribution >= 0.6 is 11.6 Å². The number of halogens is 1. The van der Waals surface area contributed by atoms with Gasteiger partial charge in [-0.15, -0.1) is 0 Å². The van der Waals surface area contributed by atoms with Gasteiger partial charge in [0.15, 0.2) is 0 Å². The van der Waals surface area contributed by atoms with Gasteiger partial charge in [-0.1, -0.05) is 36.7 Å². The standard InChI is InChI=1S/C17H25ClN2/c1-2-9-19-14-10-15-7-8-16(11-14)20(15)12-13-5-3-4-6-17(13)18/h3-6,14-16,19H,2,7-12H2,1H3. The quantitative estimate of drug-likeness (QED) is 0.887. The molecule has 110 valence electrons. The van der Waals surface area contributed by atoms with Gasteiger partial charge in [-0.2, -0.15) is 0 Å². The highest BCUT2D eigenvalue weighted by Gasteiger charge is 2.40. The van der Waals surface area contributed by atoms with E-state index in [0.717, 1.165) is 36.2 Å². The van der Waals surface area contributed by atoms with E-state index in [9.17, 15) is 0 Å². The van der Waals surface area contributed by atoms with Crippen molar-refractivity contribution in [2.75, 3.05) is 6.54 Å². The Balaban J connectivity index is 1.64. The molecule has 0 radical (unpaired) electrons. The zero-order valence-corrected chi connectivity index (χ0v) is 13.1. The Morgan fingerprint density at radius 2 is 1.90 bits per heavy atom. The van der Waals surface area contributed by atoms with Gasteiger partial charge in [0.25, 0.3) is 0 Å². The van der Waals surface area contributed by atoms with Crippen molar-refractivity contribution < 1.29 is 0 Å². The molecule has 20 heavy (non-hydrogen) atoms. The minimum Gasteiger partial charge on any atom is -0.314 e. The number of hydrogen-bond donors (Lipinski definition) is 1. The SMILES string of the molecule is CCCNC1CC2CCC(C1)N2Cc1ccccc1Cl. The summed E-state index contributed by atoms with van der Waals surface area (Å²) in [5.41, 5.74) is 1.28. The maximum Gasteiger partial charge on any atom is 0.0451 e. The van der Waals surface area contributed by atoms with E-state index in [1.807, 2.05) is 12.1 Å². The molecule has 3 heteroatoms. The first-order chi connectivity index (χ1) is 9.78. The predicted octanol–water partition coefficient (Wildman–Crippen LogP) is 3.84. The monoisotopic (exact) mass is 292 g/mol. The molecule has 0 saturated carbocycles. The summed E-state index contributed by atoms with van der Waals surface area (Å²) < 4.78 is 0.